The molecule has 1 aromatic carbocycles. The van der Waals surface area contributed by atoms with Crippen molar-refractivity contribution in [2.75, 3.05) is 27.3 Å². The summed E-state index contributed by atoms with van der Waals surface area (Å²) in [6.07, 6.45) is 4.93. The SMILES string of the molecule is COc1ccc([C@H]2[C@H]3CCCC[C@]3(O)CC[NH+]2CC#N)cc1OC. The van der Waals surface area contributed by atoms with Gasteiger partial charge in [0.05, 0.1) is 26.4 Å². The molecule has 0 bridgehead atoms. The zero-order valence-corrected chi connectivity index (χ0v) is 14.5. The number of ether oxygens (including phenoxy) is 2. The molecule has 1 aliphatic carbocycles. The summed E-state index contributed by atoms with van der Waals surface area (Å²) in [5.74, 6) is 1.61. The Balaban J connectivity index is 2.00. The van der Waals surface area contributed by atoms with Crippen LogP contribution in [0.5, 0.6) is 11.5 Å². The first-order chi connectivity index (χ1) is 11.6. The van der Waals surface area contributed by atoms with E-state index in [0.717, 1.165) is 44.2 Å². The maximum absolute atomic E-state index is 11.2. The molecule has 0 radical (unpaired) electrons. The fraction of sp³-hybridized carbons (Fsp3) is 0.632. The van der Waals surface area contributed by atoms with Gasteiger partial charge in [0.1, 0.15) is 12.1 Å². The quantitative estimate of drug-likeness (QED) is 0.820. The van der Waals surface area contributed by atoms with Crippen LogP contribution >= 0.6 is 0 Å². The molecular formula is C19H27N2O3+. The summed E-state index contributed by atoms with van der Waals surface area (Å²) < 4.78 is 10.8. The third-order valence-electron chi connectivity index (χ3n) is 5.86. The van der Waals surface area contributed by atoms with Crippen LogP contribution in [0.25, 0.3) is 0 Å². The molecular weight excluding hydrogens is 304 g/mol. The summed E-state index contributed by atoms with van der Waals surface area (Å²) in [4.78, 5) is 1.25. The Labute approximate surface area is 143 Å². The van der Waals surface area contributed by atoms with Gasteiger partial charge in [-0.15, -0.1) is 0 Å². The average molecular weight is 331 g/mol. The Hall–Kier alpha value is -1.77. The molecule has 2 fully saturated rings. The Morgan fingerprint density at radius 3 is 2.75 bits per heavy atom. The van der Waals surface area contributed by atoms with Gasteiger partial charge in [0.25, 0.3) is 0 Å². The van der Waals surface area contributed by atoms with Crippen LogP contribution in [0.2, 0.25) is 0 Å². The standard InChI is InChI=1S/C19H26N2O3/c1-23-16-7-6-14(13-17(16)24-2)18-15-5-3-4-8-19(15,22)9-11-21(18)12-10-20/h6-7,13,15,18,22H,3-5,8-9,11-12H2,1-2H3/p+1/t15-,18+,19+/m1/s1. The Bertz CT molecular complexity index is 628. The summed E-state index contributed by atoms with van der Waals surface area (Å²) in [7, 11) is 3.27. The van der Waals surface area contributed by atoms with Crippen molar-refractivity contribution in [1.82, 2.24) is 0 Å². The van der Waals surface area contributed by atoms with E-state index in [1.54, 1.807) is 14.2 Å². The van der Waals surface area contributed by atoms with E-state index in [2.05, 4.69) is 12.1 Å². The van der Waals surface area contributed by atoms with Crippen molar-refractivity contribution in [3.63, 3.8) is 0 Å². The van der Waals surface area contributed by atoms with Gasteiger partial charge in [-0.25, -0.2) is 0 Å². The number of fused-ring (bicyclic) bond motifs is 1. The highest BCUT2D eigenvalue weighted by Gasteiger charge is 2.51. The minimum absolute atomic E-state index is 0.128. The van der Waals surface area contributed by atoms with Crippen molar-refractivity contribution in [2.45, 2.75) is 43.7 Å². The molecule has 1 aliphatic heterocycles. The highest BCUT2D eigenvalue weighted by Crippen LogP contribution is 2.45. The molecule has 2 aliphatic rings. The number of nitriles is 1. The Kier molecular flexibility index (Phi) is 4.98. The minimum atomic E-state index is -0.588. The van der Waals surface area contributed by atoms with Crippen LogP contribution < -0.4 is 14.4 Å². The summed E-state index contributed by atoms with van der Waals surface area (Å²) in [6.45, 7) is 1.30. The first-order valence-electron chi connectivity index (χ1n) is 8.79. The van der Waals surface area contributed by atoms with E-state index >= 15 is 0 Å². The van der Waals surface area contributed by atoms with Gasteiger partial charge in [-0.3, -0.25) is 0 Å². The number of piperidine rings is 1. The summed E-state index contributed by atoms with van der Waals surface area (Å²) in [5.41, 5.74) is 0.539. The lowest BCUT2D eigenvalue weighted by molar-refractivity contribution is -0.938. The lowest BCUT2D eigenvalue weighted by Gasteiger charge is -2.49. The number of quaternary nitrogens is 1. The maximum atomic E-state index is 11.2. The molecule has 4 atom stereocenters. The second-order valence-corrected chi connectivity index (χ2v) is 7.04. The van der Waals surface area contributed by atoms with Gasteiger partial charge in [-0.1, -0.05) is 12.8 Å². The van der Waals surface area contributed by atoms with Gasteiger partial charge in [-0.2, -0.15) is 5.26 Å². The van der Waals surface area contributed by atoms with Crippen LogP contribution in [-0.2, 0) is 0 Å². The fourth-order valence-electron chi connectivity index (χ4n) is 4.67. The molecule has 0 spiro atoms. The third-order valence-corrected chi connectivity index (χ3v) is 5.86. The Morgan fingerprint density at radius 2 is 2.04 bits per heavy atom. The van der Waals surface area contributed by atoms with E-state index in [9.17, 15) is 10.4 Å². The normalized spacial score (nSPS) is 32.5. The molecule has 1 heterocycles. The van der Waals surface area contributed by atoms with Crippen LogP contribution in [0.15, 0.2) is 18.2 Å². The van der Waals surface area contributed by atoms with Crippen molar-refractivity contribution >= 4 is 0 Å². The first-order valence-corrected chi connectivity index (χ1v) is 8.79. The zero-order valence-electron chi connectivity index (χ0n) is 14.5. The Morgan fingerprint density at radius 1 is 1.25 bits per heavy atom. The predicted molar refractivity (Wildman–Crippen MR) is 90.1 cm³/mol. The molecule has 1 saturated carbocycles. The number of hydrogen-bond acceptors (Lipinski definition) is 4. The monoisotopic (exact) mass is 331 g/mol. The topological polar surface area (TPSA) is 66.9 Å². The van der Waals surface area contributed by atoms with E-state index in [4.69, 9.17) is 9.47 Å². The van der Waals surface area contributed by atoms with Crippen LogP contribution in [0.3, 0.4) is 0 Å². The van der Waals surface area contributed by atoms with E-state index in [1.165, 1.54) is 4.90 Å². The molecule has 1 unspecified atom stereocenters. The minimum Gasteiger partial charge on any atom is -0.493 e. The van der Waals surface area contributed by atoms with Crippen LogP contribution in [0, 0.1) is 17.2 Å². The highest BCUT2D eigenvalue weighted by atomic mass is 16.5. The second-order valence-electron chi connectivity index (χ2n) is 7.04. The molecule has 3 rings (SSSR count). The fourth-order valence-corrected chi connectivity index (χ4v) is 4.67. The molecule has 0 amide bonds. The maximum Gasteiger partial charge on any atom is 0.165 e. The molecule has 1 aromatic rings. The van der Waals surface area contributed by atoms with E-state index in [0.29, 0.717) is 18.0 Å². The van der Waals surface area contributed by atoms with Gasteiger partial charge < -0.3 is 19.5 Å². The molecule has 130 valence electrons. The van der Waals surface area contributed by atoms with Gasteiger partial charge in [-0.05, 0) is 31.0 Å². The van der Waals surface area contributed by atoms with Gasteiger partial charge in [0.15, 0.2) is 18.0 Å². The third kappa shape index (κ3) is 2.97. The first kappa shape index (κ1) is 17.1. The second kappa shape index (κ2) is 7.00. The van der Waals surface area contributed by atoms with Crippen molar-refractivity contribution in [1.29, 1.82) is 5.26 Å². The number of nitrogens with one attached hydrogen (secondary N) is 1. The van der Waals surface area contributed by atoms with Gasteiger partial charge in [0, 0.05) is 17.9 Å². The largest absolute Gasteiger partial charge is 0.493 e. The smallest absolute Gasteiger partial charge is 0.165 e. The molecule has 1 saturated heterocycles. The van der Waals surface area contributed by atoms with E-state index in [1.807, 2.05) is 12.1 Å². The molecule has 5 nitrogen and oxygen atoms in total. The number of hydrogen-bond donors (Lipinski definition) is 2. The molecule has 2 N–H and O–H groups in total. The van der Waals surface area contributed by atoms with Crippen LogP contribution in [-0.4, -0.2) is 38.0 Å². The number of nitrogens with zero attached hydrogens (tertiary/aromatic N) is 1. The number of aliphatic hydroxyl groups is 1. The van der Waals surface area contributed by atoms with Gasteiger partial charge >= 0.3 is 0 Å². The van der Waals surface area contributed by atoms with E-state index < -0.39 is 5.60 Å². The summed E-state index contributed by atoms with van der Waals surface area (Å²) >= 11 is 0. The summed E-state index contributed by atoms with van der Waals surface area (Å²) in [5, 5.41) is 20.4. The molecule has 5 heteroatoms. The highest BCUT2D eigenvalue weighted by molar-refractivity contribution is 5.43. The van der Waals surface area contributed by atoms with Crippen molar-refractivity contribution in [2.24, 2.45) is 5.92 Å². The van der Waals surface area contributed by atoms with Crippen LogP contribution in [0.1, 0.15) is 43.7 Å². The van der Waals surface area contributed by atoms with E-state index in [-0.39, 0.29) is 12.0 Å². The summed E-state index contributed by atoms with van der Waals surface area (Å²) in [6, 6.07) is 8.45. The number of methoxy groups -OCH3 is 2. The van der Waals surface area contributed by atoms with Crippen molar-refractivity contribution < 1.29 is 19.5 Å². The molecule has 24 heavy (non-hydrogen) atoms. The van der Waals surface area contributed by atoms with Crippen molar-refractivity contribution in [3.05, 3.63) is 23.8 Å². The van der Waals surface area contributed by atoms with Crippen molar-refractivity contribution in [3.8, 4) is 17.6 Å². The van der Waals surface area contributed by atoms with Gasteiger partial charge in [0.2, 0.25) is 0 Å². The molecule has 0 aromatic heterocycles. The lowest BCUT2D eigenvalue weighted by Crippen LogP contribution is -3.15. The average Bonchev–Trinajstić information content (AvgIpc) is 2.61. The number of likely N-dealkylation sites (tertiary alicyclic amines) is 1. The number of rotatable bonds is 4. The lowest BCUT2D eigenvalue weighted by atomic mass is 9.66. The number of benzene rings is 1. The predicted octanol–water partition coefficient (Wildman–Crippen LogP) is 1.48. The van der Waals surface area contributed by atoms with Crippen LogP contribution in [0.4, 0.5) is 0 Å². The zero-order chi connectivity index (χ0) is 17.2.